The molecule has 0 bridgehead atoms. The van der Waals surface area contributed by atoms with E-state index < -0.39 is 0 Å². The standard InChI is InChI=1S/C16H14O4/c1-2-3-11-7-13(16(20)8-15(11)19)12-6-10(9-17)4-5-14(12)18/h2,4-9,18-20H,1,3H2. The van der Waals surface area contributed by atoms with Gasteiger partial charge in [0.1, 0.15) is 23.5 Å². The zero-order chi connectivity index (χ0) is 14.7. The van der Waals surface area contributed by atoms with Crippen molar-refractivity contribution in [2.45, 2.75) is 6.42 Å². The molecule has 0 spiro atoms. The fourth-order valence-corrected chi connectivity index (χ4v) is 2.00. The highest BCUT2D eigenvalue weighted by atomic mass is 16.3. The van der Waals surface area contributed by atoms with Gasteiger partial charge in [-0.15, -0.1) is 6.58 Å². The molecule has 102 valence electrons. The number of hydrogen-bond acceptors (Lipinski definition) is 4. The van der Waals surface area contributed by atoms with Gasteiger partial charge in [-0.05, 0) is 36.2 Å². The molecule has 2 aromatic rings. The summed E-state index contributed by atoms with van der Waals surface area (Å²) < 4.78 is 0. The van der Waals surface area contributed by atoms with Crippen molar-refractivity contribution in [3.8, 4) is 28.4 Å². The minimum Gasteiger partial charge on any atom is -0.508 e. The van der Waals surface area contributed by atoms with Crippen molar-refractivity contribution in [2.24, 2.45) is 0 Å². The topological polar surface area (TPSA) is 77.8 Å². The molecular weight excluding hydrogens is 256 g/mol. The lowest BCUT2D eigenvalue weighted by atomic mass is 9.97. The van der Waals surface area contributed by atoms with E-state index in [2.05, 4.69) is 6.58 Å². The number of carbonyl (C=O) groups is 1. The summed E-state index contributed by atoms with van der Waals surface area (Å²) in [6, 6.07) is 7.12. The van der Waals surface area contributed by atoms with Crippen molar-refractivity contribution in [1.29, 1.82) is 0 Å². The van der Waals surface area contributed by atoms with Gasteiger partial charge < -0.3 is 15.3 Å². The van der Waals surface area contributed by atoms with Crippen LogP contribution >= 0.6 is 0 Å². The van der Waals surface area contributed by atoms with Crippen molar-refractivity contribution < 1.29 is 20.1 Å². The molecule has 0 fully saturated rings. The van der Waals surface area contributed by atoms with Gasteiger partial charge >= 0.3 is 0 Å². The molecule has 2 aromatic carbocycles. The summed E-state index contributed by atoms with van der Waals surface area (Å²) in [6.45, 7) is 3.60. The Bertz CT molecular complexity index is 674. The summed E-state index contributed by atoms with van der Waals surface area (Å²) in [7, 11) is 0. The average molecular weight is 270 g/mol. The van der Waals surface area contributed by atoms with Crippen LogP contribution in [0, 0.1) is 0 Å². The molecule has 3 N–H and O–H groups in total. The Morgan fingerprint density at radius 1 is 0.950 bits per heavy atom. The van der Waals surface area contributed by atoms with E-state index >= 15 is 0 Å². The quantitative estimate of drug-likeness (QED) is 0.589. The van der Waals surface area contributed by atoms with Gasteiger partial charge in [0.05, 0.1) is 0 Å². The van der Waals surface area contributed by atoms with Crippen molar-refractivity contribution in [1.82, 2.24) is 0 Å². The number of phenolic OH excluding ortho intramolecular Hbond substituents is 3. The average Bonchev–Trinajstić information content (AvgIpc) is 2.43. The van der Waals surface area contributed by atoms with E-state index in [0.717, 1.165) is 0 Å². The molecule has 0 radical (unpaired) electrons. The Morgan fingerprint density at radius 3 is 2.30 bits per heavy atom. The Balaban J connectivity index is 2.65. The van der Waals surface area contributed by atoms with Crippen LogP contribution in [0.25, 0.3) is 11.1 Å². The number of allylic oxidation sites excluding steroid dienone is 1. The largest absolute Gasteiger partial charge is 0.508 e. The van der Waals surface area contributed by atoms with Gasteiger partial charge in [0, 0.05) is 22.8 Å². The van der Waals surface area contributed by atoms with Gasteiger partial charge in [0.2, 0.25) is 0 Å². The summed E-state index contributed by atoms with van der Waals surface area (Å²) in [5.41, 5.74) is 1.64. The first-order valence-electron chi connectivity index (χ1n) is 6.01. The maximum absolute atomic E-state index is 10.8. The van der Waals surface area contributed by atoms with E-state index in [0.29, 0.717) is 35.0 Å². The number of carbonyl (C=O) groups excluding carboxylic acids is 1. The zero-order valence-electron chi connectivity index (χ0n) is 10.7. The van der Waals surface area contributed by atoms with Gasteiger partial charge in [-0.3, -0.25) is 4.79 Å². The summed E-state index contributed by atoms with van der Waals surface area (Å²) in [5, 5.41) is 29.6. The van der Waals surface area contributed by atoms with Crippen LogP contribution < -0.4 is 0 Å². The van der Waals surface area contributed by atoms with Crippen molar-refractivity contribution >= 4 is 6.29 Å². The lowest BCUT2D eigenvalue weighted by Gasteiger charge is -2.11. The van der Waals surface area contributed by atoms with Crippen molar-refractivity contribution in [3.05, 3.63) is 54.1 Å². The lowest BCUT2D eigenvalue weighted by Crippen LogP contribution is -1.89. The molecule has 2 rings (SSSR count). The van der Waals surface area contributed by atoms with E-state index in [4.69, 9.17) is 0 Å². The smallest absolute Gasteiger partial charge is 0.150 e. The predicted octanol–water partition coefficient (Wildman–Crippen LogP) is 3.01. The highest BCUT2D eigenvalue weighted by Crippen LogP contribution is 2.39. The molecule has 0 unspecified atom stereocenters. The second kappa shape index (κ2) is 5.48. The number of benzene rings is 2. The van der Waals surface area contributed by atoms with Gasteiger partial charge in [-0.1, -0.05) is 6.08 Å². The maximum atomic E-state index is 10.8. The minimum atomic E-state index is -0.173. The summed E-state index contributed by atoms with van der Waals surface area (Å²) in [5.74, 6) is -0.271. The van der Waals surface area contributed by atoms with Crippen molar-refractivity contribution in [3.63, 3.8) is 0 Å². The van der Waals surface area contributed by atoms with Gasteiger partial charge in [0.25, 0.3) is 0 Å². The summed E-state index contributed by atoms with van der Waals surface area (Å²) in [4.78, 5) is 10.8. The van der Waals surface area contributed by atoms with Crippen LogP contribution in [0.3, 0.4) is 0 Å². The van der Waals surface area contributed by atoms with Gasteiger partial charge in [0.15, 0.2) is 0 Å². The number of phenols is 3. The highest BCUT2D eigenvalue weighted by Gasteiger charge is 2.13. The molecule has 0 aliphatic carbocycles. The third kappa shape index (κ3) is 2.49. The predicted molar refractivity (Wildman–Crippen MR) is 76.2 cm³/mol. The molecular formula is C16H14O4. The minimum absolute atomic E-state index is 0.0443. The van der Waals surface area contributed by atoms with Crippen LogP contribution in [0.15, 0.2) is 43.0 Å². The maximum Gasteiger partial charge on any atom is 0.150 e. The van der Waals surface area contributed by atoms with Crippen LogP contribution in [0.2, 0.25) is 0 Å². The molecule has 0 amide bonds. The molecule has 0 heterocycles. The van der Waals surface area contributed by atoms with E-state index in [9.17, 15) is 20.1 Å². The number of aldehydes is 1. The Kier molecular flexibility index (Phi) is 3.75. The fourth-order valence-electron chi connectivity index (χ4n) is 2.00. The molecule has 0 saturated carbocycles. The number of rotatable bonds is 4. The zero-order valence-corrected chi connectivity index (χ0v) is 10.7. The normalized spacial score (nSPS) is 10.2. The van der Waals surface area contributed by atoms with Crippen LogP contribution in [0.1, 0.15) is 15.9 Å². The highest BCUT2D eigenvalue weighted by molar-refractivity contribution is 5.83. The monoisotopic (exact) mass is 270 g/mol. The van der Waals surface area contributed by atoms with E-state index in [-0.39, 0.29) is 17.2 Å². The van der Waals surface area contributed by atoms with Crippen LogP contribution in [0.4, 0.5) is 0 Å². The Hall–Kier alpha value is -2.75. The van der Waals surface area contributed by atoms with Crippen LogP contribution in [-0.4, -0.2) is 21.6 Å². The second-order valence-electron chi connectivity index (χ2n) is 4.39. The Labute approximate surface area is 116 Å². The first kappa shape index (κ1) is 13.7. The molecule has 0 saturated heterocycles. The first-order valence-corrected chi connectivity index (χ1v) is 6.01. The molecule has 4 nitrogen and oxygen atoms in total. The number of aromatic hydroxyl groups is 3. The van der Waals surface area contributed by atoms with Crippen molar-refractivity contribution in [2.75, 3.05) is 0 Å². The third-order valence-electron chi connectivity index (χ3n) is 3.01. The molecule has 0 aromatic heterocycles. The second-order valence-corrected chi connectivity index (χ2v) is 4.39. The summed E-state index contributed by atoms with van der Waals surface area (Å²) >= 11 is 0. The van der Waals surface area contributed by atoms with E-state index in [1.54, 1.807) is 12.1 Å². The Morgan fingerprint density at radius 2 is 1.65 bits per heavy atom. The fraction of sp³-hybridized carbons (Fsp3) is 0.0625. The van der Waals surface area contributed by atoms with Gasteiger partial charge in [-0.2, -0.15) is 0 Å². The van der Waals surface area contributed by atoms with Gasteiger partial charge in [-0.25, -0.2) is 0 Å². The molecule has 4 heteroatoms. The van der Waals surface area contributed by atoms with E-state index in [1.165, 1.54) is 24.3 Å². The van der Waals surface area contributed by atoms with Crippen LogP contribution in [-0.2, 0) is 6.42 Å². The number of hydrogen-bond donors (Lipinski definition) is 3. The first-order chi connectivity index (χ1) is 9.56. The SMILES string of the molecule is C=CCc1cc(-c2cc(C=O)ccc2O)c(O)cc1O. The lowest BCUT2D eigenvalue weighted by molar-refractivity contribution is 0.112. The molecule has 20 heavy (non-hydrogen) atoms. The van der Waals surface area contributed by atoms with Crippen LogP contribution in [0.5, 0.6) is 17.2 Å². The molecule has 0 aliphatic rings. The molecule has 0 aliphatic heterocycles. The molecule has 0 atom stereocenters. The van der Waals surface area contributed by atoms with E-state index in [1.807, 2.05) is 0 Å². The third-order valence-corrected chi connectivity index (χ3v) is 3.01. The summed E-state index contributed by atoms with van der Waals surface area (Å²) in [6.07, 6.45) is 2.70.